The van der Waals surface area contributed by atoms with Crippen LogP contribution in [0.1, 0.15) is 56.5 Å². The number of rotatable bonds is 4. The summed E-state index contributed by atoms with van der Waals surface area (Å²) in [5.41, 5.74) is 6.31. The van der Waals surface area contributed by atoms with Gasteiger partial charge in [0.25, 0.3) is 5.91 Å². The molecule has 4 aromatic rings. The Morgan fingerprint density at radius 1 is 1.06 bits per heavy atom. The van der Waals surface area contributed by atoms with Gasteiger partial charge in [0.2, 0.25) is 5.76 Å². The highest BCUT2D eigenvalue weighted by molar-refractivity contribution is 6.07. The number of aryl methyl sites for hydroxylation is 2. The summed E-state index contributed by atoms with van der Waals surface area (Å²) in [6.45, 7) is 3.68. The van der Waals surface area contributed by atoms with Crippen LogP contribution in [-0.2, 0) is 6.42 Å². The Labute approximate surface area is 195 Å². The number of fused-ring (bicyclic) bond motifs is 2. The summed E-state index contributed by atoms with van der Waals surface area (Å²) in [4.78, 5) is 34.0. The number of hydrogen-bond acceptors (Lipinski definition) is 7. The van der Waals surface area contributed by atoms with Crippen molar-refractivity contribution in [3.8, 4) is 5.75 Å². The summed E-state index contributed by atoms with van der Waals surface area (Å²) >= 11 is 0. The summed E-state index contributed by atoms with van der Waals surface area (Å²) in [5, 5.41) is 5.20. The largest absolute Gasteiger partial charge is 0.453 e. The van der Waals surface area contributed by atoms with E-state index in [2.05, 4.69) is 20.5 Å². The third-order valence-electron chi connectivity index (χ3n) is 5.73. The van der Waals surface area contributed by atoms with Crippen LogP contribution in [0.5, 0.6) is 5.75 Å². The lowest BCUT2D eigenvalue weighted by Gasteiger charge is -2.13. The topological polar surface area (TPSA) is 107 Å². The second-order valence-electron chi connectivity index (χ2n) is 8.09. The lowest BCUT2D eigenvalue weighted by molar-refractivity contribution is 0.0700. The van der Waals surface area contributed by atoms with Gasteiger partial charge in [-0.05, 0) is 51.0 Å². The first kappa shape index (κ1) is 21.5. The van der Waals surface area contributed by atoms with E-state index in [-0.39, 0.29) is 11.5 Å². The molecule has 1 aliphatic carbocycles. The van der Waals surface area contributed by atoms with Gasteiger partial charge in [-0.25, -0.2) is 15.2 Å². The molecule has 5 rings (SSSR count). The first-order valence-corrected chi connectivity index (χ1v) is 11.0. The molecule has 34 heavy (non-hydrogen) atoms. The number of ether oxygens (including phenoxy) is 1. The Morgan fingerprint density at radius 2 is 1.94 bits per heavy atom. The molecular formula is C26H22N4O4. The van der Waals surface area contributed by atoms with E-state index in [9.17, 15) is 9.59 Å². The highest BCUT2D eigenvalue weighted by atomic mass is 16.5. The van der Waals surface area contributed by atoms with Crippen molar-refractivity contribution >= 4 is 28.5 Å². The highest BCUT2D eigenvalue weighted by Crippen LogP contribution is 2.31. The summed E-state index contributed by atoms with van der Waals surface area (Å²) in [6, 6.07) is 14.4. The van der Waals surface area contributed by atoms with Gasteiger partial charge in [0.05, 0.1) is 5.71 Å². The van der Waals surface area contributed by atoms with Gasteiger partial charge in [-0.1, -0.05) is 24.3 Å². The smallest absolute Gasteiger partial charge is 0.380 e. The van der Waals surface area contributed by atoms with Gasteiger partial charge in [0.15, 0.2) is 5.75 Å². The molecule has 1 amide bonds. The number of benzene rings is 1. The number of para-hydroxylation sites is 1. The molecular weight excluding hydrogens is 432 g/mol. The van der Waals surface area contributed by atoms with Crippen molar-refractivity contribution in [3.05, 3.63) is 88.8 Å². The summed E-state index contributed by atoms with van der Waals surface area (Å²) in [7, 11) is 0. The van der Waals surface area contributed by atoms with Gasteiger partial charge in [-0.15, -0.1) is 0 Å². The Balaban J connectivity index is 1.42. The normalized spacial score (nSPS) is 14.1. The van der Waals surface area contributed by atoms with Crippen LogP contribution >= 0.6 is 0 Å². The zero-order valence-electron chi connectivity index (χ0n) is 18.8. The SMILES string of the molecule is Cc1ccc2cccc(OC(=O)c3oc4c(c3C)/C(=N/NC(=O)c3ccccn3)CCC4)c2n1. The van der Waals surface area contributed by atoms with Crippen LogP contribution in [0.4, 0.5) is 0 Å². The summed E-state index contributed by atoms with van der Waals surface area (Å²) < 4.78 is 11.6. The number of furan rings is 1. The van der Waals surface area contributed by atoms with Crippen LogP contribution in [-0.4, -0.2) is 27.6 Å². The van der Waals surface area contributed by atoms with E-state index < -0.39 is 11.9 Å². The maximum Gasteiger partial charge on any atom is 0.380 e. The van der Waals surface area contributed by atoms with Gasteiger partial charge in [-0.3, -0.25) is 9.78 Å². The number of hydrazone groups is 1. The molecule has 0 bridgehead atoms. The van der Waals surface area contributed by atoms with E-state index in [0.29, 0.717) is 41.1 Å². The van der Waals surface area contributed by atoms with E-state index in [1.54, 1.807) is 37.4 Å². The zero-order valence-corrected chi connectivity index (χ0v) is 18.8. The molecule has 3 aromatic heterocycles. The van der Waals surface area contributed by atoms with Gasteiger partial charge in [0, 0.05) is 34.8 Å². The van der Waals surface area contributed by atoms with E-state index in [1.165, 1.54) is 0 Å². The minimum Gasteiger partial charge on any atom is -0.453 e. The quantitative estimate of drug-likeness (QED) is 0.276. The fourth-order valence-electron chi connectivity index (χ4n) is 4.09. The Kier molecular flexibility index (Phi) is 5.63. The minimum absolute atomic E-state index is 0.125. The first-order chi connectivity index (χ1) is 16.5. The van der Waals surface area contributed by atoms with E-state index >= 15 is 0 Å². The fraction of sp³-hybridized carbons (Fsp3) is 0.192. The molecule has 1 aliphatic rings. The predicted molar refractivity (Wildman–Crippen MR) is 126 cm³/mol. The Bertz CT molecular complexity index is 1440. The lowest BCUT2D eigenvalue weighted by Crippen LogP contribution is -2.22. The first-order valence-electron chi connectivity index (χ1n) is 11.0. The number of esters is 1. The number of carbonyl (C=O) groups excluding carboxylic acids is 2. The van der Waals surface area contributed by atoms with E-state index in [1.807, 2.05) is 31.2 Å². The third kappa shape index (κ3) is 4.05. The minimum atomic E-state index is -0.598. The fourth-order valence-corrected chi connectivity index (χ4v) is 4.09. The number of hydrogen-bond donors (Lipinski definition) is 1. The molecule has 0 saturated heterocycles. The van der Waals surface area contributed by atoms with Gasteiger partial charge in [0.1, 0.15) is 17.0 Å². The summed E-state index contributed by atoms with van der Waals surface area (Å²) in [6.07, 6.45) is 3.66. The van der Waals surface area contributed by atoms with E-state index in [0.717, 1.165) is 23.1 Å². The molecule has 1 N–H and O–H groups in total. The van der Waals surface area contributed by atoms with Gasteiger partial charge in [-0.2, -0.15) is 5.10 Å². The molecule has 0 unspecified atom stereocenters. The maximum absolute atomic E-state index is 13.1. The molecule has 0 atom stereocenters. The average molecular weight is 454 g/mol. The Morgan fingerprint density at radius 3 is 2.76 bits per heavy atom. The molecule has 1 aromatic carbocycles. The highest BCUT2D eigenvalue weighted by Gasteiger charge is 2.29. The van der Waals surface area contributed by atoms with Crippen molar-refractivity contribution in [3.63, 3.8) is 0 Å². The molecule has 0 spiro atoms. The molecule has 3 heterocycles. The van der Waals surface area contributed by atoms with Crippen LogP contribution in [0.3, 0.4) is 0 Å². The van der Waals surface area contributed by atoms with Crippen LogP contribution in [0, 0.1) is 13.8 Å². The average Bonchev–Trinajstić information content (AvgIpc) is 3.20. The predicted octanol–water partition coefficient (Wildman–Crippen LogP) is 4.53. The van der Waals surface area contributed by atoms with Crippen LogP contribution in [0.2, 0.25) is 0 Å². The Hall–Kier alpha value is -4.33. The van der Waals surface area contributed by atoms with Crippen molar-refractivity contribution < 1.29 is 18.7 Å². The number of carbonyl (C=O) groups is 2. The molecule has 0 radical (unpaired) electrons. The molecule has 8 nitrogen and oxygen atoms in total. The zero-order chi connectivity index (χ0) is 23.7. The third-order valence-corrected chi connectivity index (χ3v) is 5.73. The second kappa shape index (κ2) is 8.90. The maximum atomic E-state index is 13.1. The standard InChI is InChI=1S/C26H22N4O4/c1-15-12-13-17-7-5-11-21(23(17)28-15)34-26(32)24-16(2)22-18(9-6-10-20(22)33-24)29-30-25(31)19-8-3-4-14-27-19/h3-5,7-8,11-14H,6,9-10H2,1-2H3,(H,30,31)/b29-18+. The number of amides is 1. The molecule has 0 aliphatic heterocycles. The number of aromatic nitrogens is 2. The molecule has 0 saturated carbocycles. The second-order valence-corrected chi connectivity index (χ2v) is 8.09. The molecule has 8 heteroatoms. The van der Waals surface area contributed by atoms with Crippen molar-refractivity contribution in [2.24, 2.45) is 5.10 Å². The number of nitrogens with zero attached hydrogens (tertiary/aromatic N) is 3. The van der Waals surface area contributed by atoms with Crippen molar-refractivity contribution in [2.45, 2.75) is 33.1 Å². The van der Waals surface area contributed by atoms with Crippen molar-refractivity contribution in [2.75, 3.05) is 0 Å². The molecule has 170 valence electrons. The van der Waals surface area contributed by atoms with Crippen LogP contribution in [0.25, 0.3) is 10.9 Å². The van der Waals surface area contributed by atoms with Crippen molar-refractivity contribution in [1.29, 1.82) is 0 Å². The van der Waals surface area contributed by atoms with E-state index in [4.69, 9.17) is 9.15 Å². The lowest BCUT2D eigenvalue weighted by atomic mass is 9.93. The monoisotopic (exact) mass is 454 g/mol. The number of nitrogens with one attached hydrogen (secondary N) is 1. The van der Waals surface area contributed by atoms with Crippen LogP contribution < -0.4 is 10.2 Å². The van der Waals surface area contributed by atoms with Gasteiger partial charge >= 0.3 is 5.97 Å². The summed E-state index contributed by atoms with van der Waals surface area (Å²) in [5.74, 6) is 0.157. The van der Waals surface area contributed by atoms with Gasteiger partial charge < -0.3 is 9.15 Å². The number of pyridine rings is 2. The van der Waals surface area contributed by atoms with Crippen molar-refractivity contribution in [1.82, 2.24) is 15.4 Å². The molecule has 0 fully saturated rings. The van der Waals surface area contributed by atoms with Crippen LogP contribution in [0.15, 0.2) is 64.2 Å².